The summed E-state index contributed by atoms with van der Waals surface area (Å²) in [5.41, 5.74) is 0. The van der Waals surface area contributed by atoms with Crippen LogP contribution in [0, 0.1) is 12.8 Å². The lowest BCUT2D eigenvalue weighted by atomic mass is 10.2. The van der Waals surface area contributed by atoms with E-state index in [2.05, 4.69) is 46.7 Å². The van der Waals surface area contributed by atoms with Crippen LogP contribution in [0.1, 0.15) is 39.4 Å². The first-order valence-electron chi connectivity index (χ1n) is 7.61. The van der Waals surface area contributed by atoms with Gasteiger partial charge in [0.1, 0.15) is 17.5 Å². The Morgan fingerprint density at radius 2 is 1.81 bits per heavy atom. The minimum Gasteiger partial charge on any atom is -0.370 e. The minimum atomic E-state index is 0.0614. The van der Waals surface area contributed by atoms with Gasteiger partial charge in [-0.2, -0.15) is 0 Å². The van der Waals surface area contributed by atoms with Gasteiger partial charge in [-0.25, -0.2) is 9.97 Å². The van der Waals surface area contributed by atoms with Gasteiger partial charge in [0, 0.05) is 32.1 Å². The largest absolute Gasteiger partial charge is 0.370 e. The van der Waals surface area contributed by atoms with Crippen LogP contribution in [-0.4, -0.2) is 35.5 Å². The number of aryl methyl sites for hydroxylation is 1. The van der Waals surface area contributed by atoms with Gasteiger partial charge in [0.25, 0.3) is 0 Å². The average Bonchev–Trinajstić information content (AvgIpc) is 2.42. The molecule has 0 aliphatic heterocycles. The molecule has 0 aliphatic carbocycles. The normalized spacial score (nSPS) is 10.5. The predicted octanol–water partition coefficient (Wildman–Crippen LogP) is 2.18. The first-order chi connectivity index (χ1) is 10.0. The number of amides is 1. The molecule has 1 heterocycles. The monoisotopic (exact) mass is 293 g/mol. The first-order valence-corrected chi connectivity index (χ1v) is 7.61. The average molecular weight is 293 g/mol. The van der Waals surface area contributed by atoms with Crippen LogP contribution in [0.3, 0.4) is 0 Å². The third-order valence-corrected chi connectivity index (χ3v) is 2.76. The van der Waals surface area contributed by atoms with Crippen molar-refractivity contribution in [3.63, 3.8) is 0 Å². The van der Waals surface area contributed by atoms with Crippen molar-refractivity contribution < 1.29 is 4.79 Å². The SMILES string of the molecule is CCCNc1cc(NCCC(=O)NCC(C)C)nc(C)n1. The van der Waals surface area contributed by atoms with Crippen molar-refractivity contribution in [1.29, 1.82) is 0 Å². The molecule has 1 amide bonds. The van der Waals surface area contributed by atoms with E-state index in [1.54, 1.807) is 0 Å². The van der Waals surface area contributed by atoms with Crippen molar-refractivity contribution >= 4 is 17.5 Å². The molecule has 3 N–H and O–H groups in total. The summed E-state index contributed by atoms with van der Waals surface area (Å²) in [5, 5.41) is 9.30. The maximum Gasteiger partial charge on any atom is 0.221 e. The van der Waals surface area contributed by atoms with E-state index in [9.17, 15) is 4.79 Å². The number of nitrogens with one attached hydrogen (secondary N) is 3. The number of anilines is 2. The number of rotatable bonds is 9. The van der Waals surface area contributed by atoms with Gasteiger partial charge in [0.05, 0.1) is 0 Å². The Balaban J connectivity index is 2.40. The van der Waals surface area contributed by atoms with Gasteiger partial charge in [-0.05, 0) is 19.3 Å². The quantitative estimate of drug-likeness (QED) is 0.650. The molecule has 0 saturated heterocycles. The Bertz CT molecular complexity index is 448. The maximum atomic E-state index is 11.6. The molecule has 0 fully saturated rings. The van der Waals surface area contributed by atoms with Crippen molar-refractivity contribution in [2.75, 3.05) is 30.3 Å². The summed E-state index contributed by atoms with van der Waals surface area (Å²) in [6, 6.07) is 1.87. The Morgan fingerprint density at radius 3 is 2.38 bits per heavy atom. The van der Waals surface area contributed by atoms with Crippen molar-refractivity contribution in [2.45, 2.75) is 40.5 Å². The van der Waals surface area contributed by atoms with E-state index in [0.717, 1.165) is 31.1 Å². The van der Waals surface area contributed by atoms with E-state index in [0.29, 0.717) is 24.7 Å². The van der Waals surface area contributed by atoms with Gasteiger partial charge in [-0.15, -0.1) is 0 Å². The van der Waals surface area contributed by atoms with Gasteiger partial charge in [0.15, 0.2) is 0 Å². The molecular formula is C15H27N5O. The summed E-state index contributed by atoms with van der Waals surface area (Å²) in [6.07, 6.45) is 1.48. The van der Waals surface area contributed by atoms with E-state index >= 15 is 0 Å². The second kappa shape index (κ2) is 9.15. The molecule has 0 bridgehead atoms. The lowest BCUT2D eigenvalue weighted by Crippen LogP contribution is -2.28. The van der Waals surface area contributed by atoms with E-state index < -0.39 is 0 Å². The zero-order chi connectivity index (χ0) is 15.7. The minimum absolute atomic E-state index is 0.0614. The van der Waals surface area contributed by atoms with E-state index in [4.69, 9.17) is 0 Å². The number of hydrogen-bond acceptors (Lipinski definition) is 5. The second-order valence-corrected chi connectivity index (χ2v) is 5.49. The molecule has 0 radical (unpaired) electrons. The smallest absolute Gasteiger partial charge is 0.221 e. The van der Waals surface area contributed by atoms with Crippen molar-refractivity contribution in [3.8, 4) is 0 Å². The molecule has 0 atom stereocenters. The lowest BCUT2D eigenvalue weighted by molar-refractivity contribution is -0.120. The molecule has 21 heavy (non-hydrogen) atoms. The Kier molecular flexibility index (Phi) is 7.50. The van der Waals surface area contributed by atoms with Crippen molar-refractivity contribution in [1.82, 2.24) is 15.3 Å². The van der Waals surface area contributed by atoms with Crippen LogP contribution in [0.25, 0.3) is 0 Å². The third-order valence-electron chi connectivity index (χ3n) is 2.76. The highest BCUT2D eigenvalue weighted by molar-refractivity contribution is 5.76. The van der Waals surface area contributed by atoms with Crippen LogP contribution in [0.2, 0.25) is 0 Å². The molecule has 0 aliphatic rings. The molecule has 0 unspecified atom stereocenters. The summed E-state index contributed by atoms with van der Waals surface area (Å²) in [6.45, 7) is 10.3. The highest BCUT2D eigenvalue weighted by atomic mass is 16.1. The number of nitrogens with zero attached hydrogens (tertiary/aromatic N) is 2. The molecule has 0 aromatic carbocycles. The van der Waals surface area contributed by atoms with Crippen LogP contribution >= 0.6 is 0 Å². The van der Waals surface area contributed by atoms with Gasteiger partial charge >= 0.3 is 0 Å². The van der Waals surface area contributed by atoms with Crippen LogP contribution in [0.5, 0.6) is 0 Å². The summed E-state index contributed by atoms with van der Waals surface area (Å²) in [5.74, 6) is 2.81. The van der Waals surface area contributed by atoms with E-state index in [1.807, 2.05) is 13.0 Å². The summed E-state index contributed by atoms with van der Waals surface area (Å²) < 4.78 is 0. The number of aromatic nitrogens is 2. The Labute approximate surface area is 127 Å². The van der Waals surface area contributed by atoms with E-state index in [-0.39, 0.29) is 5.91 Å². The fraction of sp³-hybridized carbons (Fsp3) is 0.667. The van der Waals surface area contributed by atoms with E-state index in [1.165, 1.54) is 0 Å². The lowest BCUT2D eigenvalue weighted by Gasteiger charge is -2.10. The highest BCUT2D eigenvalue weighted by Gasteiger charge is 2.04. The highest BCUT2D eigenvalue weighted by Crippen LogP contribution is 2.11. The van der Waals surface area contributed by atoms with Crippen LogP contribution in [0.15, 0.2) is 6.07 Å². The predicted molar refractivity (Wildman–Crippen MR) is 86.5 cm³/mol. The van der Waals surface area contributed by atoms with Gasteiger partial charge < -0.3 is 16.0 Å². The summed E-state index contributed by atoms with van der Waals surface area (Å²) in [4.78, 5) is 20.3. The molecule has 1 rings (SSSR count). The van der Waals surface area contributed by atoms with Crippen molar-refractivity contribution in [2.24, 2.45) is 5.92 Å². The topological polar surface area (TPSA) is 78.9 Å². The summed E-state index contributed by atoms with van der Waals surface area (Å²) >= 11 is 0. The van der Waals surface area contributed by atoms with Gasteiger partial charge in [-0.1, -0.05) is 20.8 Å². The Hall–Kier alpha value is -1.85. The molecule has 6 heteroatoms. The van der Waals surface area contributed by atoms with Crippen LogP contribution < -0.4 is 16.0 Å². The maximum absolute atomic E-state index is 11.6. The second-order valence-electron chi connectivity index (χ2n) is 5.49. The molecular weight excluding hydrogens is 266 g/mol. The zero-order valence-corrected chi connectivity index (χ0v) is 13.5. The van der Waals surface area contributed by atoms with Crippen molar-refractivity contribution in [3.05, 3.63) is 11.9 Å². The standard InChI is InChI=1S/C15H27N5O/c1-5-7-16-13-9-14(20-12(4)19-13)17-8-6-15(21)18-10-11(2)3/h9,11H,5-8,10H2,1-4H3,(H,18,21)(H2,16,17,19,20). The fourth-order valence-corrected chi connectivity index (χ4v) is 1.71. The molecule has 0 spiro atoms. The van der Waals surface area contributed by atoms with Gasteiger partial charge in [-0.3, -0.25) is 4.79 Å². The number of hydrogen-bond donors (Lipinski definition) is 3. The summed E-state index contributed by atoms with van der Waals surface area (Å²) in [7, 11) is 0. The molecule has 1 aromatic heterocycles. The molecule has 118 valence electrons. The van der Waals surface area contributed by atoms with Crippen LogP contribution in [-0.2, 0) is 4.79 Å². The molecule has 1 aromatic rings. The van der Waals surface area contributed by atoms with Crippen LogP contribution in [0.4, 0.5) is 11.6 Å². The number of carbonyl (C=O) groups excluding carboxylic acids is 1. The third kappa shape index (κ3) is 7.48. The molecule has 0 saturated carbocycles. The Morgan fingerprint density at radius 1 is 1.19 bits per heavy atom. The fourth-order valence-electron chi connectivity index (χ4n) is 1.71. The zero-order valence-electron chi connectivity index (χ0n) is 13.5. The van der Waals surface area contributed by atoms with Gasteiger partial charge in [0.2, 0.25) is 5.91 Å². The molecule has 6 nitrogen and oxygen atoms in total. The first kappa shape index (κ1) is 17.2. The number of carbonyl (C=O) groups is 1.